The van der Waals surface area contributed by atoms with E-state index in [2.05, 4.69) is 5.10 Å². The van der Waals surface area contributed by atoms with Crippen LogP contribution < -0.4 is 13.8 Å². The fourth-order valence-corrected chi connectivity index (χ4v) is 5.92. The molecule has 4 rings (SSSR count). The first-order chi connectivity index (χ1) is 18.7. The fourth-order valence-electron chi connectivity index (χ4n) is 4.12. The standard InChI is InChI=1S/C27H29ClFN3O6S/c1-4-31-17-25(27(30-31)37-5-2)39(34,35)32-16-19(11-14-26(33)36-3)38-24-13-10-18(15-23(24)32)9-12-20-21(28)7-6-8-22(20)29/h6-10,12-13,15,17,19H,4-5,11,14,16H2,1-3H3/b12-9+/t19-/m0/s1. The minimum Gasteiger partial charge on any atom is -0.486 e. The van der Waals surface area contributed by atoms with Crippen LogP contribution in [0, 0.1) is 5.82 Å². The Labute approximate surface area is 231 Å². The van der Waals surface area contributed by atoms with Crippen LogP contribution in [-0.2, 0) is 26.1 Å². The van der Waals surface area contributed by atoms with Gasteiger partial charge in [0.1, 0.15) is 17.7 Å². The minimum atomic E-state index is -4.17. The van der Waals surface area contributed by atoms with E-state index >= 15 is 0 Å². The Balaban J connectivity index is 1.76. The number of methoxy groups -OCH3 is 1. The summed E-state index contributed by atoms with van der Waals surface area (Å²) < 4.78 is 61.5. The monoisotopic (exact) mass is 577 g/mol. The van der Waals surface area contributed by atoms with Crippen LogP contribution >= 0.6 is 11.6 Å². The SMILES string of the molecule is CCOc1nn(CC)cc1S(=O)(=O)N1C[C@H](CCC(=O)OC)Oc2ccc(/C=C/c3c(F)cccc3Cl)cc21. The largest absolute Gasteiger partial charge is 0.486 e. The zero-order chi connectivity index (χ0) is 28.2. The highest BCUT2D eigenvalue weighted by molar-refractivity contribution is 7.93. The highest BCUT2D eigenvalue weighted by Gasteiger charge is 2.37. The van der Waals surface area contributed by atoms with Gasteiger partial charge in [-0.25, -0.2) is 12.8 Å². The average molecular weight is 578 g/mol. The van der Waals surface area contributed by atoms with E-state index in [1.54, 1.807) is 37.3 Å². The number of sulfonamides is 1. The minimum absolute atomic E-state index is 0.00347. The second kappa shape index (κ2) is 12.1. The van der Waals surface area contributed by atoms with Gasteiger partial charge < -0.3 is 14.2 Å². The predicted octanol–water partition coefficient (Wildman–Crippen LogP) is 5.17. The molecule has 3 aromatic rings. The first-order valence-electron chi connectivity index (χ1n) is 12.4. The average Bonchev–Trinajstić information content (AvgIpc) is 3.35. The number of anilines is 1. The summed E-state index contributed by atoms with van der Waals surface area (Å²) in [4.78, 5) is 11.7. The van der Waals surface area contributed by atoms with E-state index in [1.807, 2.05) is 6.92 Å². The van der Waals surface area contributed by atoms with Crippen molar-refractivity contribution in [3.63, 3.8) is 0 Å². The van der Waals surface area contributed by atoms with Crippen molar-refractivity contribution < 1.29 is 31.8 Å². The first-order valence-corrected chi connectivity index (χ1v) is 14.2. The number of hydrogen-bond donors (Lipinski definition) is 0. The molecular formula is C27H29ClFN3O6S. The van der Waals surface area contributed by atoms with E-state index in [-0.39, 0.29) is 53.0 Å². The number of halogens is 2. The Morgan fingerprint density at radius 2 is 2.05 bits per heavy atom. The molecule has 0 amide bonds. The van der Waals surface area contributed by atoms with E-state index in [0.29, 0.717) is 17.9 Å². The quantitative estimate of drug-likeness (QED) is 0.242. The molecule has 208 valence electrons. The Morgan fingerprint density at radius 3 is 2.74 bits per heavy atom. The summed E-state index contributed by atoms with van der Waals surface area (Å²) in [7, 11) is -2.88. The number of hydrogen-bond acceptors (Lipinski definition) is 7. The van der Waals surface area contributed by atoms with Crippen molar-refractivity contribution in [1.82, 2.24) is 9.78 Å². The lowest BCUT2D eigenvalue weighted by Crippen LogP contribution is -2.43. The number of aryl methyl sites for hydroxylation is 1. The molecule has 0 unspecified atom stereocenters. The molecule has 0 aliphatic carbocycles. The maximum absolute atomic E-state index is 14.3. The number of ether oxygens (including phenoxy) is 3. The summed E-state index contributed by atoms with van der Waals surface area (Å²) in [6.07, 6.45) is 4.30. The second-order valence-corrected chi connectivity index (χ2v) is 10.9. The van der Waals surface area contributed by atoms with Gasteiger partial charge in [0.2, 0.25) is 0 Å². The van der Waals surface area contributed by atoms with Crippen molar-refractivity contribution in [2.45, 2.75) is 44.2 Å². The normalized spacial score (nSPS) is 15.2. The summed E-state index contributed by atoms with van der Waals surface area (Å²) in [5, 5.41) is 4.51. The molecule has 0 fully saturated rings. The van der Waals surface area contributed by atoms with Crippen LogP contribution in [-0.4, -0.2) is 50.5 Å². The zero-order valence-corrected chi connectivity index (χ0v) is 23.3. The van der Waals surface area contributed by atoms with Gasteiger partial charge in [0.15, 0.2) is 4.90 Å². The van der Waals surface area contributed by atoms with Gasteiger partial charge in [0, 0.05) is 24.7 Å². The molecule has 12 heteroatoms. The molecule has 0 spiro atoms. The van der Waals surface area contributed by atoms with Gasteiger partial charge in [-0.2, -0.15) is 0 Å². The van der Waals surface area contributed by atoms with Crippen LogP contribution in [0.2, 0.25) is 5.02 Å². The molecule has 0 bridgehead atoms. The van der Waals surface area contributed by atoms with Gasteiger partial charge in [-0.1, -0.05) is 29.8 Å². The van der Waals surface area contributed by atoms with Crippen molar-refractivity contribution in [2.75, 3.05) is 24.6 Å². The van der Waals surface area contributed by atoms with Crippen LogP contribution in [0.15, 0.2) is 47.5 Å². The molecule has 0 saturated carbocycles. The number of nitrogens with zero attached hydrogens (tertiary/aromatic N) is 3. The van der Waals surface area contributed by atoms with Crippen molar-refractivity contribution in [3.8, 4) is 11.6 Å². The van der Waals surface area contributed by atoms with E-state index in [1.165, 1.54) is 40.5 Å². The third-order valence-corrected chi connectivity index (χ3v) is 8.22. The lowest BCUT2D eigenvalue weighted by Gasteiger charge is -2.35. The van der Waals surface area contributed by atoms with Crippen molar-refractivity contribution >= 4 is 45.4 Å². The number of benzene rings is 2. The van der Waals surface area contributed by atoms with Crippen LogP contribution in [0.25, 0.3) is 12.2 Å². The topological polar surface area (TPSA) is 100.0 Å². The highest BCUT2D eigenvalue weighted by Crippen LogP contribution is 2.40. The summed E-state index contributed by atoms with van der Waals surface area (Å²) in [5.41, 5.74) is 1.10. The van der Waals surface area contributed by atoms with E-state index < -0.39 is 27.9 Å². The van der Waals surface area contributed by atoms with Gasteiger partial charge in [-0.3, -0.25) is 13.8 Å². The van der Waals surface area contributed by atoms with Gasteiger partial charge in [-0.05, 0) is 56.2 Å². The summed E-state index contributed by atoms with van der Waals surface area (Å²) in [6.45, 7) is 4.21. The van der Waals surface area contributed by atoms with Crippen LogP contribution in [0.3, 0.4) is 0 Å². The van der Waals surface area contributed by atoms with E-state index in [9.17, 15) is 17.6 Å². The molecule has 1 aliphatic rings. The fraction of sp³-hybridized carbons (Fsp3) is 0.333. The van der Waals surface area contributed by atoms with E-state index in [0.717, 1.165) is 0 Å². The van der Waals surface area contributed by atoms with Crippen molar-refractivity contribution in [3.05, 3.63) is 64.6 Å². The van der Waals surface area contributed by atoms with Crippen molar-refractivity contribution in [2.24, 2.45) is 0 Å². The van der Waals surface area contributed by atoms with Crippen molar-refractivity contribution in [1.29, 1.82) is 0 Å². The molecule has 0 radical (unpaired) electrons. The maximum atomic E-state index is 14.3. The molecule has 0 saturated heterocycles. The lowest BCUT2D eigenvalue weighted by molar-refractivity contribution is -0.141. The third kappa shape index (κ3) is 6.20. The molecule has 9 nitrogen and oxygen atoms in total. The maximum Gasteiger partial charge on any atom is 0.305 e. The molecular weight excluding hydrogens is 549 g/mol. The second-order valence-electron chi connectivity index (χ2n) is 8.67. The molecule has 39 heavy (non-hydrogen) atoms. The molecule has 0 N–H and O–H groups in total. The molecule has 1 aliphatic heterocycles. The Hall–Kier alpha value is -3.57. The number of carbonyl (C=O) groups excluding carboxylic acids is 1. The number of rotatable bonds is 10. The van der Waals surface area contributed by atoms with Gasteiger partial charge in [0.05, 0.1) is 31.0 Å². The summed E-state index contributed by atoms with van der Waals surface area (Å²) in [6, 6.07) is 9.41. The van der Waals surface area contributed by atoms with Crippen LogP contribution in [0.1, 0.15) is 37.8 Å². The summed E-state index contributed by atoms with van der Waals surface area (Å²) in [5.74, 6) is -0.576. The lowest BCUT2D eigenvalue weighted by atomic mass is 10.1. The smallest absolute Gasteiger partial charge is 0.305 e. The zero-order valence-electron chi connectivity index (χ0n) is 21.8. The molecule has 2 heterocycles. The van der Waals surface area contributed by atoms with E-state index in [4.69, 9.17) is 25.8 Å². The summed E-state index contributed by atoms with van der Waals surface area (Å²) >= 11 is 6.14. The number of aromatic nitrogens is 2. The number of fused-ring (bicyclic) bond motifs is 1. The molecule has 1 aromatic heterocycles. The van der Waals surface area contributed by atoms with Gasteiger partial charge in [0.25, 0.3) is 15.9 Å². The predicted molar refractivity (Wildman–Crippen MR) is 146 cm³/mol. The Kier molecular flexibility index (Phi) is 8.81. The molecule has 1 atom stereocenters. The highest BCUT2D eigenvalue weighted by atomic mass is 35.5. The number of esters is 1. The van der Waals surface area contributed by atoms with Crippen LogP contribution in [0.4, 0.5) is 10.1 Å². The first kappa shape index (κ1) is 28.4. The van der Waals surface area contributed by atoms with Gasteiger partial charge >= 0.3 is 5.97 Å². The number of carbonyl (C=O) groups is 1. The van der Waals surface area contributed by atoms with Crippen LogP contribution in [0.5, 0.6) is 11.6 Å². The third-order valence-electron chi connectivity index (χ3n) is 6.12. The Morgan fingerprint density at radius 1 is 1.26 bits per heavy atom. The van der Waals surface area contributed by atoms with Gasteiger partial charge in [-0.15, -0.1) is 5.10 Å². The molecule has 2 aromatic carbocycles. The Bertz CT molecular complexity index is 1470.